The molecule has 2 N–H and O–H groups in total. The molecule has 0 aromatic heterocycles. The summed E-state index contributed by atoms with van der Waals surface area (Å²) >= 11 is 0. The average Bonchev–Trinajstić information content (AvgIpc) is 1.85. The zero-order valence-electron chi connectivity index (χ0n) is 7.11. The van der Waals surface area contributed by atoms with Gasteiger partial charge >= 0.3 is 5.97 Å². The Bertz CT molecular complexity index is 136. The number of rotatable bonds is 4. The molecule has 0 bridgehead atoms. The lowest BCUT2D eigenvalue weighted by molar-refractivity contribution is -0.146. The van der Waals surface area contributed by atoms with E-state index in [0.717, 1.165) is 0 Å². The standard InChI is InChI=1S/C7H15NO3/c1-4-8(3)6(5(2)9)7(10)11/h5-6,9H,4H2,1-3H3,(H,10,11). The summed E-state index contributed by atoms with van der Waals surface area (Å²) in [6, 6.07) is -0.792. The highest BCUT2D eigenvalue weighted by molar-refractivity contribution is 5.74. The molecular weight excluding hydrogens is 146 g/mol. The van der Waals surface area contributed by atoms with Crippen molar-refractivity contribution in [1.29, 1.82) is 0 Å². The van der Waals surface area contributed by atoms with E-state index in [9.17, 15) is 4.79 Å². The van der Waals surface area contributed by atoms with Crippen molar-refractivity contribution < 1.29 is 15.0 Å². The molecule has 0 fully saturated rings. The molecular formula is C7H15NO3. The molecule has 11 heavy (non-hydrogen) atoms. The minimum Gasteiger partial charge on any atom is -0.480 e. The lowest BCUT2D eigenvalue weighted by Gasteiger charge is -2.24. The monoisotopic (exact) mass is 161 g/mol. The van der Waals surface area contributed by atoms with Crippen LogP contribution in [0.25, 0.3) is 0 Å². The lowest BCUT2D eigenvalue weighted by atomic mass is 10.1. The fraction of sp³-hybridized carbons (Fsp3) is 0.857. The topological polar surface area (TPSA) is 60.8 Å². The Morgan fingerprint density at radius 1 is 1.64 bits per heavy atom. The Morgan fingerprint density at radius 3 is 2.18 bits per heavy atom. The Labute approximate surface area is 66.4 Å². The van der Waals surface area contributed by atoms with Crippen LogP contribution in [0.3, 0.4) is 0 Å². The van der Waals surface area contributed by atoms with E-state index in [1.54, 1.807) is 11.9 Å². The smallest absolute Gasteiger partial charge is 0.323 e. The van der Waals surface area contributed by atoms with Crippen molar-refractivity contribution in [2.24, 2.45) is 0 Å². The van der Waals surface area contributed by atoms with Crippen molar-refractivity contribution in [3.8, 4) is 0 Å². The highest BCUT2D eigenvalue weighted by Crippen LogP contribution is 2.01. The quantitative estimate of drug-likeness (QED) is 0.598. The number of aliphatic carboxylic acids is 1. The van der Waals surface area contributed by atoms with Crippen LogP contribution in [0.5, 0.6) is 0 Å². The fourth-order valence-corrected chi connectivity index (χ4v) is 0.960. The zero-order valence-corrected chi connectivity index (χ0v) is 7.11. The SMILES string of the molecule is CCN(C)C(C(=O)O)C(C)O. The summed E-state index contributed by atoms with van der Waals surface area (Å²) in [5.41, 5.74) is 0. The van der Waals surface area contributed by atoms with Gasteiger partial charge in [0.15, 0.2) is 0 Å². The third-order valence-electron chi connectivity index (χ3n) is 1.68. The minimum absolute atomic E-state index is 0.613. The van der Waals surface area contributed by atoms with Crippen LogP contribution in [0.15, 0.2) is 0 Å². The van der Waals surface area contributed by atoms with Gasteiger partial charge in [0.25, 0.3) is 0 Å². The predicted octanol–water partition coefficient (Wildman–Crippen LogP) is -0.228. The number of hydrogen-bond acceptors (Lipinski definition) is 3. The Kier molecular flexibility index (Phi) is 4.07. The van der Waals surface area contributed by atoms with Crippen LogP contribution in [-0.2, 0) is 4.79 Å². The van der Waals surface area contributed by atoms with Gasteiger partial charge in [0.1, 0.15) is 6.04 Å². The number of aliphatic hydroxyl groups is 1. The van der Waals surface area contributed by atoms with Gasteiger partial charge in [-0.15, -0.1) is 0 Å². The number of likely N-dealkylation sites (N-methyl/N-ethyl adjacent to an activating group) is 1. The van der Waals surface area contributed by atoms with Gasteiger partial charge in [0, 0.05) is 0 Å². The van der Waals surface area contributed by atoms with Crippen LogP contribution in [0.2, 0.25) is 0 Å². The van der Waals surface area contributed by atoms with Crippen molar-refractivity contribution in [2.75, 3.05) is 13.6 Å². The van der Waals surface area contributed by atoms with Gasteiger partial charge in [0.2, 0.25) is 0 Å². The van der Waals surface area contributed by atoms with Gasteiger partial charge in [-0.1, -0.05) is 6.92 Å². The van der Waals surface area contributed by atoms with Crippen LogP contribution in [-0.4, -0.2) is 46.8 Å². The van der Waals surface area contributed by atoms with Gasteiger partial charge < -0.3 is 10.2 Å². The summed E-state index contributed by atoms with van der Waals surface area (Å²) in [7, 11) is 1.67. The number of carbonyl (C=O) groups is 1. The molecule has 0 spiro atoms. The van der Waals surface area contributed by atoms with Crippen LogP contribution in [0.1, 0.15) is 13.8 Å². The maximum Gasteiger partial charge on any atom is 0.323 e. The summed E-state index contributed by atoms with van der Waals surface area (Å²) in [4.78, 5) is 12.1. The first-order valence-electron chi connectivity index (χ1n) is 3.61. The third kappa shape index (κ3) is 2.86. The van der Waals surface area contributed by atoms with Crippen LogP contribution in [0.4, 0.5) is 0 Å². The van der Waals surface area contributed by atoms with Gasteiger partial charge in [-0.2, -0.15) is 0 Å². The molecule has 2 atom stereocenters. The molecule has 0 rings (SSSR count). The molecule has 0 amide bonds. The Balaban J connectivity index is 4.21. The van der Waals surface area contributed by atoms with E-state index in [2.05, 4.69) is 0 Å². The maximum absolute atomic E-state index is 10.5. The second-order valence-corrected chi connectivity index (χ2v) is 2.60. The first-order chi connectivity index (χ1) is 5.00. The second kappa shape index (κ2) is 4.31. The lowest BCUT2D eigenvalue weighted by Crippen LogP contribution is -2.45. The van der Waals surface area contributed by atoms with Crippen molar-refractivity contribution in [3.63, 3.8) is 0 Å². The molecule has 4 nitrogen and oxygen atoms in total. The summed E-state index contributed by atoms with van der Waals surface area (Å²) in [5, 5.41) is 17.7. The van der Waals surface area contributed by atoms with Crippen molar-refractivity contribution in [3.05, 3.63) is 0 Å². The summed E-state index contributed by atoms with van der Waals surface area (Å²) in [6.07, 6.45) is -0.836. The van der Waals surface area contributed by atoms with Gasteiger partial charge in [-0.25, -0.2) is 0 Å². The molecule has 0 aromatic rings. The molecule has 0 aromatic carbocycles. The molecule has 0 aliphatic rings. The maximum atomic E-state index is 10.5. The van der Waals surface area contributed by atoms with E-state index in [1.165, 1.54) is 6.92 Å². The minimum atomic E-state index is -0.982. The molecule has 0 radical (unpaired) electrons. The van der Waals surface area contributed by atoms with Crippen LogP contribution in [0, 0.1) is 0 Å². The van der Waals surface area contributed by atoms with Crippen molar-refractivity contribution in [1.82, 2.24) is 4.90 Å². The van der Waals surface area contributed by atoms with E-state index in [0.29, 0.717) is 6.54 Å². The molecule has 0 aliphatic heterocycles. The Morgan fingerprint density at radius 2 is 2.09 bits per heavy atom. The highest BCUT2D eigenvalue weighted by Gasteiger charge is 2.26. The summed E-state index contributed by atoms with van der Waals surface area (Å²) < 4.78 is 0. The van der Waals surface area contributed by atoms with E-state index in [1.807, 2.05) is 6.92 Å². The van der Waals surface area contributed by atoms with E-state index >= 15 is 0 Å². The largest absolute Gasteiger partial charge is 0.480 e. The Hall–Kier alpha value is -0.610. The fourth-order valence-electron chi connectivity index (χ4n) is 0.960. The molecule has 0 aliphatic carbocycles. The molecule has 4 heteroatoms. The van der Waals surface area contributed by atoms with Crippen LogP contribution < -0.4 is 0 Å². The summed E-state index contributed by atoms with van der Waals surface area (Å²) in [5.74, 6) is -0.982. The van der Waals surface area contributed by atoms with E-state index < -0.39 is 18.1 Å². The molecule has 0 saturated carbocycles. The number of carboxylic acid groups (broad SMARTS) is 1. The van der Waals surface area contributed by atoms with E-state index in [-0.39, 0.29) is 0 Å². The van der Waals surface area contributed by atoms with Gasteiger partial charge in [0.05, 0.1) is 6.10 Å². The molecule has 0 heterocycles. The predicted molar refractivity (Wildman–Crippen MR) is 41.4 cm³/mol. The average molecular weight is 161 g/mol. The molecule has 2 unspecified atom stereocenters. The normalized spacial score (nSPS) is 16.5. The molecule has 0 saturated heterocycles. The zero-order chi connectivity index (χ0) is 9.02. The number of carboxylic acids is 1. The number of aliphatic hydroxyl groups excluding tert-OH is 1. The van der Waals surface area contributed by atoms with Gasteiger partial charge in [-0.3, -0.25) is 9.69 Å². The van der Waals surface area contributed by atoms with Crippen molar-refractivity contribution >= 4 is 5.97 Å². The number of nitrogens with zero attached hydrogens (tertiary/aromatic N) is 1. The van der Waals surface area contributed by atoms with Crippen molar-refractivity contribution in [2.45, 2.75) is 26.0 Å². The third-order valence-corrected chi connectivity index (χ3v) is 1.68. The summed E-state index contributed by atoms with van der Waals surface area (Å²) in [6.45, 7) is 3.94. The first-order valence-corrected chi connectivity index (χ1v) is 3.61. The second-order valence-electron chi connectivity index (χ2n) is 2.60. The first kappa shape index (κ1) is 10.4. The highest BCUT2D eigenvalue weighted by atomic mass is 16.4. The van der Waals surface area contributed by atoms with Gasteiger partial charge in [-0.05, 0) is 20.5 Å². The molecule has 66 valence electrons. The number of hydrogen-bond donors (Lipinski definition) is 2. The van der Waals surface area contributed by atoms with E-state index in [4.69, 9.17) is 10.2 Å². The van der Waals surface area contributed by atoms with Crippen LogP contribution >= 0.6 is 0 Å².